The zero-order valence-electron chi connectivity index (χ0n) is 17.1. The SMILES string of the molecule is CCn1c(CNS(=O)(=O)c2ccc(C)cc2)nnc1SCC(=O)c1ccc(C)cc1. The summed E-state index contributed by atoms with van der Waals surface area (Å²) in [6, 6.07) is 14.1. The lowest BCUT2D eigenvalue weighted by Crippen LogP contribution is -2.25. The fourth-order valence-corrected chi connectivity index (χ4v) is 4.68. The van der Waals surface area contributed by atoms with Gasteiger partial charge in [-0.15, -0.1) is 10.2 Å². The maximum absolute atomic E-state index is 12.5. The average molecular weight is 445 g/mol. The number of rotatable bonds is 9. The van der Waals surface area contributed by atoms with E-state index in [1.807, 2.05) is 49.6 Å². The van der Waals surface area contributed by atoms with Gasteiger partial charge < -0.3 is 4.57 Å². The van der Waals surface area contributed by atoms with Crippen LogP contribution < -0.4 is 4.72 Å². The fraction of sp³-hybridized carbons (Fsp3) is 0.286. The molecule has 0 fully saturated rings. The lowest BCUT2D eigenvalue weighted by molar-refractivity contribution is 0.102. The van der Waals surface area contributed by atoms with E-state index in [1.54, 1.807) is 24.3 Å². The third kappa shape index (κ3) is 5.35. The van der Waals surface area contributed by atoms with E-state index in [0.717, 1.165) is 11.1 Å². The minimum Gasteiger partial charge on any atom is -0.305 e. The highest BCUT2D eigenvalue weighted by Gasteiger charge is 2.18. The molecule has 1 heterocycles. The van der Waals surface area contributed by atoms with Crippen LogP contribution in [0.2, 0.25) is 0 Å². The first-order valence-electron chi connectivity index (χ1n) is 9.51. The summed E-state index contributed by atoms with van der Waals surface area (Å²) in [4.78, 5) is 12.6. The zero-order chi connectivity index (χ0) is 21.7. The molecule has 0 aliphatic carbocycles. The van der Waals surface area contributed by atoms with E-state index in [-0.39, 0.29) is 23.0 Å². The van der Waals surface area contributed by atoms with Crippen LogP contribution in [0.1, 0.15) is 34.2 Å². The number of aryl methyl sites for hydroxylation is 2. The molecule has 0 aliphatic heterocycles. The smallest absolute Gasteiger partial charge is 0.240 e. The fourth-order valence-electron chi connectivity index (χ4n) is 2.79. The highest BCUT2D eigenvalue weighted by Crippen LogP contribution is 2.19. The Morgan fingerprint density at radius 1 is 1.00 bits per heavy atom. The normalized spacial score (nSPS) is 11.6. The summed E-state index contributed by atoms with van der Waals surface area (Å²) in [6.07, 6.45) is 0. The van der Waals surface area contributed by atoms with Crippen molar-refractivity contribution < 1.29 is 13.2 Å². The van der Waals surface area contributed by atoms with Crippen molar-refractivity contribution in [2.45, 2.75) is 43.9 Å². The van der Waals surface area contributed by atoms with Gasteiger partial charge in [0.1, 0.15) is 5.82 Å². The Kier molecular flexibility index (Phi) is 7.06. The minimum atomic E-state index is -3.65. The third-order valence-corrected chi connectivity index (χ3v) is 6.95. The Labute approximate surface area is 181 Å². The number of nitrogens with zero attached hydrogens (tertiary/aromatic N) is 3. The number of nitrogens with one attached hydrogen (secondary N) is 1. The Morgan fingerprint density at radius 3 is 2.20 bits per heavy atom. The first-order chi connectivity index (χ1) is 14.3. The molecule has 0 bridgehead atoms. The van der Waals surface area contributed by atoms with Crippen LogP contribution >= 0.6 is 11.8 Å². The van der Waals surface area contributed by atoms with E-state index in [4.69, 9.17) is 0 Å². The number of carbonyl (C=O) groups is 1. The molecule has 3 aromatic rings. The van der Waals surface area contributed by atoms with Crippen LogP contribution in [0.3, 0.4) is 0 Å². The van der Waals surface area contributed by atoms with Crippen LogP contribution in [0.5, 0.6) is 0 Å². The molecule has 0 spiro atoms. The predicted octanol–water partition coefficient (Wildman–Crippen LogP) is 3.37. The number of aromatic nitrogens is 3. The van der Waals surface area contributed by atoms with Crippen molar-refractivity contribution >= 4 is 27.6 Å². The maximum atomic E-state index is 12.5. The lowest BCUT2D eigenvalue weighted by Gasteiger charge is -2.09. The number of Topliss-reactive ketones (excluding diaryl/α,β-unsaturated/α-hetero) is 1. The first-order valence-corrected chi connectivity index (χ1v) is 12.0. The Morgan fingerprint density at radius 2 is 1.60 bits per heavy atom. The largest absolute Gasteiger partial charge is 0.305 e. The predicted molar refractivity (Wildman–Crippen MR) is 117 cm³/mol. The van der Waals surface area contributed by atoms with Crippen molar-refractivity contribution in [1.82, 2.24) is 19.5 Å². The monoisotopic (exact) mass is 444 g/mol. The number of ketones is 1. The van der Waals surface area contributed by atoms with Crippen molar-refractivity contribution in [3.8, 4) is 0 Å². The van der Waals surface area contributed by atoms with Crippen LogP contribution in [0, 0.1) is 13.8 Å². The van der Waals surface area contributed by atoms with Crippen molar-refractivity contribution in [1.29, 1.82) is 0 Å². The van der Waals surface area contributed by atoms with Crippen molar-refractivity contribution in [3.63, 3.8) is 0 Å². The number of hydrogen-bond acceptors (Lipinski definition) is 6. The standard InChI is InChI=1S/C21H24N4O3S2/c1-4-25-20(13-22-30(27,28)18-11-7-16(3)8-12-18)23-24-21(25)29-14-19(26)17-9-5-15(2)6-10-17/h5-12,22H,4,13-14H2,1-3H3. The molecule has 0 radical (unpaired) electrons. The van der Waals surface area contributed by atoms with E-state index in [2.05, 4.69) is 14.9 Å². The topological polar surface area (TPSA) is 93.9 Å². The molecule has 0 saturated carbocycles. The van der Waals surface area contributed by atoms with Gasteiger partial charge in [0.15, 0.2) is 10.9 Å². The quantitative estimate of drug-likeness (QED) is 0.402. The molecule has 0 unspecified atom stereocenters. The number of hydrogen-bond donors (Lipinski definition) is 1. The van der Waals surface area contributed by atoms with Crippen LogP contribution in [0.25, 0.3) is 0 Å². The van der Waals surface area contributed by atoms with Gasteiger partial charge in [-0.2, -0.15) is 0 Å². The summed E-state index contributed by atoms with van der Waals surface area (Å²) in [5.41, 5.74) is 2.74. The number of thioether (sulfide) groups is 1. The van der Waals surface area contributed by atoms with Gasteiger partial charge in [-0.25, -0.2) is 13.1 Å². The summed E-state index contributed by atoms with van der Waals surface area (Å²) in [5, 5.41) is 8.84. The summed E-state index contributed by atoms with van der Waals surface area (Å²) >= 11 is 1.29. The molecule has 0 atom stereocenters. The van der Waals surface area contributed by atoms with Gasteiger partial charge in [0.05, 0.1) is 17.2 Å². The Bertz CT molecular complexity index is 1120. The Hall–Kier alpha value is -2.49. The third-order valence-electron chi connectivity index (χ3n) is 4.57. The summed E-state index contributed by atoms with van der Waals surface area (Å²) in [5.74, 6) is 0.738. The van der Waals surface area contributed by atoms with Gasteiger partial charge in [0, 0.05) is 12.1 Å². The van der Waals surface area contributed by atoms with Gasteiger partial charge in [0.2, 0.25) is 10.0 Å². The number of benzene rings is 2. The minimum absolute atomic E-state index is 0.00674. The van der Waals surface area contributed by atoms with Gasteiger partial charge in [-0.3, -0.25) is 4.79 Å². The van der Waals surface area contributed by atoms with E-state index in [1.165, 1.54) is 11.8 Å². The van der Waals surface area contributed by atoms with Gasteiger partial charge in [-0.1, -0.05) is 59.3 Å². The number of sulfonamides is 1. The molecule has 0 amide bonds. The van der Waals surface area contributed by atoms with E-state index in [9.17, 15) is 13.2 Å². The summed E-state index contributed by atoms with van der Waals surface area (Å²) in [6.45, 7) is 6.38. The van der Waals surface area contributed by atoms with Crippen molar-refractivity contribution in [3.05, 3.63) is 71.0 Å². The molecule has 1 N–H and O–H groups in total. The van der Waals surface area contributed by atoms with Crippen LogP contribution in [0.4, 0.5) is 0 Å². The Balaban J connectivity index is 1.65. The van der Waals surface area contributed by atoms with Gasteiger partial charge >= 0.3 is 0 Å². The second-order valence-corrected chi connectivity index (χ2v) is 9.57. The van der Waals surface area contributed by atoms with Gasteiger partial charge in [0.25, 0.3) is 0 Å². The second-order valence-electron chi connectivity index (χ2n) is 6.86. The molecular formula is C21H24N4O3S2. The molecule has 1 aromatic heterocycles. The molecule has 9 heteroatoms. The van der Waals surface area contributed by atoms with Gasteiger partial charge in [-0.05, 0) is 32.9 Å². The number of carbonyl (C=O) groups excluding carboxylic acids is 1. The molecule has 3 rings (SSSR count). The average Bonchev–Trinajstić information content (AvgIpc) is 3.13. The molecule has 0 saturated heterocycles. The van der Waals surface area contributed by atoms with Crippen LogP contribution in [-0.4, -0.2) is 34.7 Å². The molecular weight excluding hydrogens is 420 g/mol. The summed E-state index contributed by atoms with van der Waals surface area (Å²) in [7, 11) is -3.65. The molecule has 7 nitrogen and oxygen atoms in total. The zero-order valence-corrected chi connectivity index (χ0v) is 18.8. The first kappa shape index (κ1) is 22.2. The van der Waals surface area contributed by atoms with Crippen LogP contribution in [0.15, 0.2) is 58.6 Å². The maximum Gasteiger partial charge on any atom is 0.240 e. The summed E-state index contributed by atoms with van der Waals surface area (Å²) < 4.78 is 29.4. The van der Waals surface area contributed by atoms with Crippen molar-refractivity contribution in [2.24, 2.45) is 0 Å². The van der Waals surface area contributed by atoms with Crippen LogP contribution in [-0.2, 0) is 23.1 Å². The lowest BCUT2D eigenvalue weighted by atomic mass is 10.1. The molecule has 2 aromatic carbocycles. The molecule has 30 heavy (non-hydrogen) atoms. The molecule has 158 valence electrons. The van der Waals surface area contributed by atoms with E-state index < -0.39 is 10.0 Å². The highest BCUT2D eigenvalue weighted by molar-refractivity contribution is 7.99. The van der Waals surface area contributed by atoms with E-state index in [0.29, 0.717) is 23.1 Å². The highest BCUT2D eigenvalue weighted by atomic mass is 32.2. The molecule has 0 aliphatic rings. The van der Waals surface area contributed by atoms with E-state index >= 15 is 0 Å². The second kappa shape index (κ2) is 9.55. The van der Waals surface area contributed by atoms with Crippen molar-refractivity contribution in [2.75, 3.05) is 5.75 Å².